The molecule has 0 unspecified atom stereocenters. The predicted octanol–water partition coefficient (Wildman–Crippen LogP) is 3.81. The fourth-order valence-electron chi connectivity index (χ4n) is 2.23. The predicted molar refractivity (Wildman–Crippen MR) is 78.8 cm³/mol. The molecule has 0 aliphatic heterocycles. The van der Waals surface area contributed by atoms with E-state index in [0.29, 0.717) is 5.56 Å². The Hall–Kier alpha value is -2.68. The van der Waals surface area contributed by atoms with Gasteiger partial charge in [0.15, 0.2) is 5.78 Å². The molecule has 1 heterocycles. The molecule has 0 spiro atoms. The zero-order valence-electron chi connectivity index (χ0n) is 11.0. The van der Waals surface area contributed by atoms with Crippen molar-refractivity contribution in [2.45, 2.75) is 6.92 Å². The number of fused-ring (bicyclic) bond motifs is 1. The molecule has 3 rings (SSSR count). The molecule has 98 valence electrons. The lowest BCUT2D eigenvalue weighted by atomic mass is 10.0. The second kappa shape index (κ2) is 4.78. The minimum atomic E-state index is -0.155. The SMILES string of the molecule is CC(=O)c1cc(-c2cnc3ccccc3c2)ccc1O. The first kappa shape index (κ1) is 12.4. The molecule has 1 aromatic heterocycles. The first-order chi connectivity index (χ1) is 9.65. The van der Waals surface area contributed by atoms with E-state index in [9.17, 15) is 9.90 Å². The minimum absolute atomic E-state index is 0.00926. The van der Waals surface area contributed by atoms with E-state index in [1.165, 1.54) is 6.92 Å². The molecule has 0 aliphatic rings. The Kier molecular flexibility index (Phi) is 2.95. The van der Waals surface area contributed by atoms with Crippen LogP contribution in [-0.4, -0.2) is 15.9 Å². The zero-order chi connectivity index (χ0) is 14.1. The van der Waals surface area contributed by atoms with Crippen LogP contribution in [0.3, 0.4) is 0 Å². The molecule has 0 saturated carbocycles. The third-order valence-electron chi connectivity index (χ3n) is 3.30. The summed E-state index contributed by atoms with van der Waals surface area (Å²) in [6.07, 6.45) is 1.78. The second-order valence-electron chi connectivity index (χ2n) is 4.70. The van der Waals surface area contributed by atoms with Gasteiger partial charge >= 0.3 is 0 Å². The Morgan fingerprint density at radius 1 is 1.05 bits per heavy atom. The molecule has 0 aliphatic carbocycles. The van der Waals surface area contributed by atoms with Crippen molar-refractivity contribution in [3.8, 4) is 16.9 Å². The average Bonchev–Trinajstić information content (AvgIpc) is 2.47. The number of carbonyl (C=O) groups is 1. The highest BCUT2D eigenvalue weighted by atomic mass is 16.3. The smallest absolute Gasteiger partial charge is 0.163 e. The van der Waals surface area contributed by atoms with Gasteiger partial charge in [0.2, 0.25) is 0 Å². The summed E-state index contributed by atoms with van der Waals surface area (Å²) in [6.45, 7) is 1.44. The Morgan fingerprint density at radius 2 is 1.85 bits per heavy atom. The summed E-state index contributed by atoms with van der Waals surface area (Å²) in [6, 6.07) is 14.9. The van der Waals surface area contributed by atoms with E-state index in [0.717, 1.165) is 22.0 Å². The largest absolute Gasteiger partial charge is 0.507 e. The normalized spacial score (nSPS) is 10.7. The number of benzene rings is 2. The number of aromatic hydroxyl groups is 1. The van der Waals surface area contributed by atoms with Gasteiger partial charge in [-0.15, -0.1) is 0 Å². The van der Waals surface area contributed by atoms with Gasteiger partial charge in [-0.2, -0.15) is 0 Å². The van der Waals surface area contributed by atoms with Crippen molar-refractivity contribution in [3.63, 3.8) is 0 Å². The summed E-state index contributed by atoms with van der Waals surface area (Å²) in [5.74, 6) is -0.145. The van der Waals surface area contributed by atoms with Crippen LogP contribution in [-0.2, 0) is 0 Å². The highest BCUT2D eigenvalue weighted by Crippen LogP contribution is 2.27. The van der Waals surface area contributed by atoms with Gasteiger partial charge in [0.25, 0.3) is 0 Å². The summed E-state index contributed by atoms with van der Waals surface area (Å²) in [5.41, 5.74) is 3.05. The van der Waals surface area contributed by atoms with E-state index in [4.69, 9.17) is 0 Å². The van der Waals surface area contributed by atoms with Gasteiger partial charge < -0.3 is 5.11 Å². The molecule has 0 amide bonds. The van der Waals surface area contributed by atoms with Crippen LogP contribution in [0.5, 0.6) is 5.75 Å². The molecule has 0 bridgehead atoms. The Bertz CT molecular complexity index is 809. The highest BCUT2D eigenvalue weighted by Gasteiger charge is 2.09. The van der Waals surface area contributed by atoms with Gasteiger partial charge in [-0.05, 0) is 36.8 Å². The molecule has 3 nitrogen and oxygen atoms in total. The topological polar surface area (TPSA) is 50.2 Å². The molecular formula is C17H13NO2. The first-order valence-corrected chi connectivity index (χ1v) is 6.34. The van der Waals surface area contributed by atoms with Crippen molar-refractivity contribution in [3.05, 3.63) is 60.3 Å². The summed E-state index contributed by atoms with van der Waals surface area (Å²) >= 11 is 0. The second-order valence-corrected chi connectivity index (χ2v) is 4.70. The fourth-order valence-corrected chi connectivity index (χ4v) is 2.23. The van der Waals surface area contributed by atoms with E-state index in [1.54, 1.807) is 24.4 Å². The summed E-state index contributed by atoms with van der Waals surface area (Å²) in [5, 5.41) is 10.7. The molecule has 0 fully saturated rings. The molecule has 3 aromatic rings. The molecule has 1 N–H and O–H groups in total. The first-order valence-electron chi connectivity index (χ1n) is 6.34. The summed E-state index contributed by atoms with van der Waals surface area (Å²) < 4.78 is 0. The number of phenolic OH excluding ortho intramolecular Hbond substituents is 1. The maximum atomic E-state index is 11.5. The highest BCUT2D eigenvalue weighted by molar-refractivity contribution is 5.98. The van der Waals surface area contributed by atoms with Crippen molar-refractivity contribution in [2.24, 2.45) is 0 Å². The van der Waals surface area contributed by atoms with Gasteiger partial charge in [0, 0.05) is 17.1 Å². The molecule has 0 atom stereocenters. The number of phenols is 1. The third kappa shape index (κ3) is 2.14. The standard InChI is InChI=1S/C17H13NO2/c1-11(19)15-9-12(6-7-17(15)20)14-8-13-4-2-3-5-16(13)18-10-14/h2-10,20H,1H3. The Morgan fingerprint density at radius 3 is 2.65 bits per heavy atom. The van der Waals surface area contributed by atoms with Crippen LogP contribution in [0.1, 0.15) is 17.3 Å². The molecule has 0 radical (unpaired) electrons. The lowest BCUT2D eigenvalue weighted by Gasteiger charge is -2.06. The lowest BCUT2D eigenvalue weighted by molar-refractivity contribution is 0.101. The summed E-state index contributed by atoms with van der Waals surface area (Å²) in [7, 11) is 0. The molecule has 20 heavy (non-hydrogen) atoms. The maximum absolute atomic E-state index is 11.5. The Balaban J connectivity index is 2.15. The van der Waals surface area contributed by atoms with Crippen LogP contribution in [0.2, 0.25) is 0 Å². The van der Waals surface area contributed by atoms with E-state index in [-0.39, 0.29) is 11.5 Å². The van der Waals surface area contributed by atoms with Gasteiger partial charge in [-0.1, -0.05) is 24.3 Å². The number of Topliss-reactive ketones (excluding diaryl/α,β-unsaturated/α-hetero) is 1. The molecule has 0 saturated heterocycles. The number of ketones is 1. The van der Waals surface area contributed by atoms with Gasteiger partial charge in [-0.25, -0.2) is 0 Å². The Labute approximate surface area is 116 Å². The number of rotatable bonds is 2. The lowest BCUT2D eigenvalue weighted by Crippen LogP contribution is -1.93. The quantitative estimate of drug-likeness (QED) is 0.715. The van der Waals surface area contributed by atoms with Gasteiger partial charge in [0.05, 0.1) is 11.1 Å². The number of nitrogens with zero attached hydrogens (tertiary/aromatic N) is 1. The number of carbonyl (C=O) groups excluding carboxylic acids is 1. The fraction of sp³-hybridized carbons (Fsp3) is 0.0588. The molecule has 2 aromatic carbocycles. The van der Waals surface area contributed by atoms with Crippen molar-refractivity contribution in [1.29, 1.82) is 0 Å². The maximum Gasteiger partial charge on any atom is 0.163 e. The van der Waals surface area contributed by atoms with Crippen LogP contribution < -0.4 is 0 Å². The number of pyridine rings is 1. The average molecular weight is 263 g/mol. The number of aromatic nitrogens is 1. The molecule has 3 heteroatoms. The van der Waals surface area contributed by atoms with Crippen LogP contribution in [0.25, 0.3) is 22.0 Å². The van der Waals surface area contributed by atoms with Crippen molar-refractivity contribution in [2.75, 3.05) is 0 Å². The van der Waals surface area contributed by atoms with E-state index in [1.807, 2.05) is 30.3 Å². The van der Waals surface area contributed by atoms with Crippen LogP contribution in [0, 0.1) is 0 Å². The van der Waals surface area contributed by atoms with Crippen molar-refractivity contribution >= 4 is 16.7 Å². The van der Waals surface area contributed by atoms with Crippen LogP contribution >= 0.6 is 0 Å². The van der Waals surface area contributed by atoms with E-state index < -0.39 is 0 Å². The summed E-state index contributed by atoms with van der Waals surface area (Å²) in [4.78, 5) is 15.9. The third-order valence-corrected chi connectivity index (χ3v) is 3.30. The van der Waals surface area contributed by atoms with E-state index in [2.05, 4.69) is 4.98 Å². The van der Waals surface area contributed by atoms with Gasteiger partial charge in [-0.3, -0.25) is 9.78 Å². The van der Waals surface area contributed by atoms with Crippen molar-refractivity contribution in [1.82, 2.24) is 4.98 Å². The number of hydrogen-bond acceptors (Lipinski definition) is 3. The van der Waals surface area contributed by atoms with E-state index >= 15 is 0 Å². The molecular weight excluding hydrogens is 250 g/mol. The number of para-hydroxylation sites is 1. The van der Waals surface area contributed by atoms with Crippen molar-refractivity contribution < 1.29 is 9.90 Å². The zero-order valence-corrected chi connectivity index (χ0v) is 11.0. The van der Waals surface area contributed by atoms with Crippen LogP contribution in [0.15, 0.2) is 54.7 Å². The minimum Gasteiger partial charge on any atom is -0.507 e. The van der Waals surface area contributed by atoms with Gasteiger partial charge in [0.1, 0.15) is 5.75 Å². The number of hydrogen-bond donors (Lipinski definition) is 1. The van der Waals surface area contributed by atoms with Crippen LogP contribution in [0.4, 0.5) is 0 Å². The monoisotopic (exact) mass is 263 g/mol.